The summed E-state index contributed by atoms with van der Waals surface area (Å²) >= 11 is 0. The lowest BCUT2D eigenvalue weighted by Crippen LogP contribution is -2.33. The quantitative estimate of drug-likeness (QED) is 0.702. The molecule has 0 aliphatic heterocycles. The third-order valence-corrected chi connectivity index (χ3v) is 2.21. The van der Waals surface area contributed by atoms with E-state index in [-0.39, 0.29) is 12.5 Å². The van der Waals surface area contributed by atoms with Crippen LogP contribution in [0.4, 0.5) is 0 Å². The fourth-order valence-corrected chi connectivity index (χ4v) is 1.27. The predicted octanol–water partition coefficient (Wildman–Crippen LogP) is 0.455. The Kier molecular flexibility index (Phi) is 3.62. The molecule has 0 saturated heterocycles. The van der Waals surface area contributed by atoms with Crippen LogP contribution in [0.5, 0.6) is 0 Å². The summed E-state index contributed by atoms with van der Waals surface area (Å²) in [6, 6.07) is 0. The SMILES string of the molecule is CCN(CC)C(=O)Cn1nncc1C. The van der Waals surface area contributed by atoms with Crippen molar-refractivity contribution < 1.29 is 4.79 Å². The van der Waals surface area contributed by atoms with Gasteiger partial charge < -0.3 is 4.90 Å². The third kappa shape index (κ3) is 2.31. The first-order valence-corrected chi connectivity index (χ1v) is 4.81. The molecule has 14 heavy (non-hydrogen) atoms. The molecule has 5 heteroatoms. The number of carbonyl (C=O) groups is 1. The van der Waals surface area contributed by atoms with Crippen molar-refractivity contribution in [2.24, 2.45) is 0 Å². The van der Waals surface area contributed by atoms with Gasteiger partial charge in [0.2, 0.25) is 5.91 Å². The van der Waals surface area contributed by atoms with Crippen molar-refractivity contribution in [3.8, 4) is 0 Å². The number of nitrogens with zero attached hydrogens (tertiary/aromatic N) is 4. The molecule has 0 radical (unpaired) electrons. The standard InChI is InChI=1S/C9H16N4O/c1-4-12(5-2)9(14)7-13-8(3)6-10-11-13/h6H,4-5,7H2,1-3H3. The second-order valence-corrected chi connectivity index (χ2v) is 3.10. The summed E-state index contributed by atoms with van der Waals surface area (Å²) < 4.78 is 1.61. The molecule has 0 bridgehead atoms. The van der Waals surface area contributed by atoms with Gasteiger partial charge >= 0.3 is 0 Å². The van der Waals surface area contributed by atoms with Gasteiger partial charge in [-0.25, -0.2) is 4.68 Å². The lowest BCUT2D eigenvalue weighted by Gasteiger charge is -2.18. The molecule has 1 amide bonds. The van der Waals surface area contributed by atoms with E-state index in [1.165, 1.54) is 0 Å². The summed E-state index contributed by atoms with van der Waals surface area (Å²) in [5.41, 5.74) is 0.908. The smallest absolute Gasteiger partial charge is 0.244 e. The molecule has 0 unspecified atom stereocenters. The van der Waals surface area contributed by atoms with Crippen molar-refractivity contribution in [3.63, 3.8) is 0 Å². The third-order valence-electron chi connectivity index (χ3n) is 2.21. The van der Waals surface area contributed by atoms with E-state index in [1.54, 1.807) is 15.8 Å². The fraction of sp³-hybridized carbons (Fsp3) is 0.667. The molecule has 0 aromatic carbocycles. The molecule has 1 aromatic rings. The van der Waals surface area contributed by atoms with E-state index in [4.69, 9.17) is 0 Å². The van der Waals surface area contributed by atoms with E-state index < -0.39 is 0 Å². The monoisotopic (exact) mass is 196 g/mol. The number of hydrogen-bond donors (Lipinski definition) is 0. The largest absolute Gasteiger partial charge is 0.342 e. The molecule has 0 fully saturated rings. The molecule has 0 N–H and O–H groups in total. The minimum atomic E-state index is 0.0867. The molecule has 0 saturated carbocycles. The summed E-state index contributed by atoms with van der Waals surface area (Å²) in [5.74, 6) is 0.0867. The van der Waals surface area contributed by atoms with Crippen LogP contribution in [0.25, 0.3) is 0 Å². The van der Waals surface area contributed by atoms with Crippen molar-refractivity contribution in [2.75, 3.05) is 13.1 Å². The molecule has 0 spiro atoms. The molecule has 1 aromatic heterocycles. The van der Waals surface area contributed by atoms with Crippen molar-refractivity contribution >= 4 is 5.91 Å². The van der Waals surface area contributed by atoms with E-state index in [2.05, 4.69) is 10.3 Å². The van der Waals surface area contributed by atoms with Crippen molar-refractivity contribution in [1.29, 1.82) is 0 Å². The van der Waals surface area contributed by atoms with Gasteiger partial charge in [0.15, 0.2) is 0 Å². The van der Waals surface area contributed by atoms with Crippen LogP contribution >= 0.6 is 0 Å². The number of amides is 1. The second-order valence-electron chi connectivity index (χ2n) is 3.10. The number of likely N-dealkylation sites (N-methyl/N-ethyl adjacent to an activating group) is 1. The maximum Gasteiger partial charge on any atom is 0.244 e. The Labute approximate surface area is 83.7 Å². The summed E-state index contributed by atoms with van der Waals surface area (Å²) in [7, 11) is 0. The molecule has 1 heterocycles. The zero-order valence-electron chi connectivity index (χ0n) is 8.90. The van der Waals surface area contributed by atoms with Crippen LogP contribution in [0.1, 0.15) is 19.5 Å². The summed E-state index contributed by atoms with van der Waals surface area (Å²) in [4.78, 5) is 13.4. The first-order chi connectivity index (χ1) is 6.69. The van der Waals surface area contributed by atoms with Gasteiger partial charge in [0.25, 0.3) is 0 Å². The molecular formula is C9H16N4O. The number of aryl methyl sites for hydroxylation is 1. The zero-order chi connectivity index (χ0) is 10.6. The van der Waals surface area contributed by atoms with Gasteiger partial charge in [-0.2, -0.15) is 0 Å². The Morgan fingerprint density at radius 2 is 2.14 bits per heavy atom. The molecule has 0 atom stereocenters. The Balaban J connectivity index is 2.61. The maximum absolute atomic E-state index is 11.7. The highest BCUT2D eigenvalue weighted by Gasteiger charge is 2.11. The van der Waals surface area contributed by atoms with Crippen LogP contribution in [0.3, 0.4) is 0 Å². The number of aromatic nitrogens is 3. The Bertz CT molecular complexity index is 304. The van der Waals surface area contributed by atoms with Gasteiger partial charge in [-0.1, -0.05) is 5.21 Å². The van der Waals surface area contributed by atoms with Gasteiger partial charge in [0.1, 0.15) is 6.54 Å². The normalized spacial score (nSPS) is 10.2. The summed E-state index contributed by atoms with van der Waals surface area (Å²) in [6.45, 7) is 7.58. The second kappa shape index (κ2) is 4.74. The number of carbonyl (C=O) groups excluding carboxylic acids is 1. The van der Waals surface area contributed by atoms with Crippen LogP contribution in [0.2, 0.25) is 0 Å². The lowest BCUT2D eigenvalue weighted by atomic mass is 10.4. The Morgan fingerprint density at radius 3 is 2.57 bits per heavy atom. The Hall–Kier alpha value is -1.39. The van der Waals surface area contributed by atoms with Crippen molar-refractivity contribution in [2.45, 2.75) is 27.3 Å². The highest BCUT2D eigenvalue weighted by atomic mass is 16.2. The minimum Gasteiger partial charge on any atom is -0.342 e. The molecule has 5 nitrogen and oxygen atoms in total. The highest BCUT2D eigenvalue weighted by molar-refractivity contribution is 5.75. The van der Waals surface area contributed by atoms with Crippen LogP contribution in [-0.2, 0) is 11.3 Å². The van der Waals surface area contributed by atoms with Gasteiger partial charge in [-0.15, -0.1) is 5.10 Å². The lowest BCUT2D eigenvalue weighted by molar-refractivity contribution is -0.131. The van der Waals surface area contributed by atoms with Crippen LogP contribution in [-0.4, -0.2) is 38.9 Å². The Morgan fingerprint density at radius 1 is 1.50 bits per heavy atom. The van der Waals surface area contributed by atoms with E-state index in [0.717, 1.165) is 18.8 Å². The van der Waals surface area contributed by atoms with Gasteiger partial charge in [0, 0.05) is 13.1 Å². The van der Waals surface area contributed by atoms with Gasteiger partial charge in [-0.05, 0) is 20.8 Å². The van der Waals surface area contributed by atoms with E-state index in [1.807, 2.05) is 20.8 Å². The minimum absolute atomic E-state index is 0.0867. The number of rotatable bonds is 4. The molecule has 78 valence electrons. The van der Waals surface area contributed by atoms with E-state index in [9.17, 15) is 4.79 Å². The zero-order valence-corrected chi connectivity index (χ0v) is 8.90. The van der Waals surface area contributed by atoms with Gasteiger partial charge in [0.05, 0.1) is 11.9 Å². The fourth-order valence-electron chi connectivity index (χ4n) is 1.27. The molecule has 0 aliphatic rings. The molecular weight excluding hydrogens is 180 g/mol. The topological polar surface area (TPSA) is 51.0 Å². The summed E-state index contributed by atoms with van der Waals surface area (Å²) in [6.07, 6.45) is 1.65. The summed E-state index contributed by atoms with van der Waals surface area (Å²) in [5, 5.41) is 7.55. The van der Waals surface area contributed by atoms with Crippen molar-refractivity contribution in [3.05, 3.63) is 11.9 Å². The molecule has 0 aliphatic carbocycles. The molecule has 1 rings (SSSR count). The van der Waals surface area contributed by atoms with Crippen LogP contribution < -0.4 is 0 Å². The average Bonchev–Trinajstić information content (AvgIpc) is 2.54. The number of hydrogen-bond acceptors (Lipinski definition) is 3. The maximum atomic E-state index is 11.7. The predicted molar refractivity (Wildman–Crippen MR) is 52.7 cm³/mol. The highest BCUT2D eigenvalue weighted by Crippen LogP contribution is 1.96. The van der Waals surface area contributed by atoms with E-state index in [0.29, 0.717) is 0 Å². The van der Waals surface area contributed by atoms with E-state index >= 15 is 0 Å². The first-order valence-electron chi connectivity index (χ1n) is 4.81. The van der Waals surface area contributed by atoms with Crippen molar-refractivity contribution in [1.82, 2.24) is 19.9 Å². The van der Waals surface area contributed by atoms with Crippen LogP contribution in [0, 0.1) is 6.92 Å². The van der Waals surface area contributed by atoms with Crippen LogP contribution in [0.15, 0.2) is 6.20 Å². The first kappa shape index (κ1) is 10.7. The average molecular weight is 196 g/mol. The van der Waals surface area contributed by atoms with Gasteiger partial charge in [-0.3, -0.25) is 4.79 Å².